The minimum absolute atomic E-state index is 0.0467. The van der Waals surface area contributed by atoms with Gasteiger partial charge in [-0.15, -0.1) is 0 Å². The van der Waals surface area contributed by atoms with E-state index in [-0.39, 0.29) is 12.7 Å². The van der Waals surface area contributed by atoms with Crippen molar-refractivity contribution in [3.63, 3.8) is 0 Å². The summed E-state index contributed by atoms with van der Waals surface area (Å²) in [4.78, 5) is 0. The van der Waals surface area contributed by atoms with Crippen LogP contribution in [0.5, 0.6) is 0 Å². The van der Waals surface area contributed by atoms with Crippen molar-refractivity contribution in [1.82, 2.24) is 0 Å². The van der Waals surface area contributed by atoms with E-state index in [1.807, 2.05) is 6.92 Å². The van der Waals surface area contributed by atoms with Gasteiger partial charge in [0.15, 0.2) is 0 Å². The Morgan fingerprint density at radius 2 is 2.08 bits per heavy atom. The van der Waals surface area contributed by atoms with Gasteiger partial charge < -0.3 is 0 Å². The van der Waals surface area contributed by atoms with E-state index in [4.69, 9.17) is 16.6 Å². The quantitative estimate of drug-likeness (QED) is 0.612. The minimum atomic E-state index is 0.0467. The van der Waals surface area contributed by atoms with Gasteiger partial charge >= 0.3 is 94.2 Å². The van der Waals surface area contributed by atoms with E-state index in [1.54, 1.807) is 0 Å². The van der Waals surface area contributed by atoms with Crippen molar-refractivity contribution in [3.05, 3.63) is 0 Å². The molecule has 5 heteroatoms. The number of aliphatic hydroxyl groups is 1. The molecule has 0 aromatic heterocycles. The summed E-state index contributed by atoms with van der Waals surface area (Å²) in [5, 5.41) is 8.44. The zero-order valence-electron chi connectivity index (χ0n) is 7.36. The average molecular weight is 252 g/mol. The molecule has 1 unspecified atom stereocenters. The first-order valence-corrected chi connectivity index (χ1v) is 5.09. The van der Waals surface area contributed by atoms with E-state index in [0.717, 1.165) is 31.5 Å². The standard InChI is InChI=1S/C7H15O4.Y/c1-7(11-5-3-9)6-10-4-2-8;/h7,9H,2-6H2,1H3;/q-1;+1. The molecule has 0 aromatic rings. The summed E-state index contributed by atoms with van der Waals surface area (Å²) in [6, 6.07) is 0. The van der Waals surface area contributed by atoms with Crippen LogP contribution in [0.25, 0.3) is 0 Å². The Kier molecular flexibility index (Phi) is 10.8. The predicted molar refractivity (Wildman–Crippen MR) is 39.3 cm³/mol. The third-order valence-electron chi connectivity index (χ3n) is 1.19. The van der Waals surface area contributed by atoms with Crippen LogP contribution in [0.4, 0.5) is 0 Å². The van der Waals surface area contributed by atoms with E-state index in [1.165, 1.54) is 0 Å². The van der Waals surface area contributed by atoms with Gasteiger partial charge in [0, 0.05) is 0 Å². The second kappa shape index (κ2) is 10.0. The van der Waals surface area contributed by atoms with Crippen LogP contribution in [0.2, 0.25) is 0 Å². The Morgan fingerprint density at radius 3 is 2.67 bits per heavy atom. The molecule has 1 atom stereocenters. The Labute approximate surface area is 93.8 Å². The monoisotopic (exact) mass is 252 g/mol. The Bertz CT molecular complexity index is 91.5. The zero-order chi connectivity index (χ0) is 9.23. The van der Waals surface area contributed by atoms with Gasteiger partial charge in [0.2, 0.25) is 0 Å². The van der Waals surface area contributed by atoms with Crippen LogP contribution in [0.15, 0.2) is 0 Å². The normalized spacial score (nSPS) is 13.1. The van der Waals surface area contributed by atoms with Gasteiger partial charge in [-0.05, 0) is 0 Å². The summed E-state index contributed by atoms with van der Waals surface area (Å²) < 4.78 is 15.3. The summed E-state index contributed by atoms with van der Waals surface area (Å²) in [6.45, 7) is 4.19. The van der Waals surface area contributed by atoms with Crippen molar-refractivity contribution >= 4 is 0 Å². The van der Waals surface area contributed by atoms with Crippen molar-refractivity contribution < 1.29 is 48.1 Å². The van der Waals surface area contributed by atoms with E-state index in [9.17, 15) is 0 Å². The molecule has 0 fully saturated rings. The van der Waals surface area contributed by atoms with Gasteiger partial charge in [0.25, 0.3) is 0 Å². The molecule has 0 heterocycles. The number of aliphatic hydroxyl groups excluding tert-OH is 1. The van der Waals surface area contributed by atoms with Crippen LogP contribution in [0.3, 0.4) is 0 Å². The zero-order valence-corrected chi connectivity index (χ0v) is 10.2. The molecular weight excluding hydrogens is 237 g/mol. The molecule has 4 nitrogen and oxygen atoms in total. The fraction of sp³-hybridized carbons (Fsp3) is 1.00. The van der Waals surface area contributed by atoms with E-state index < -0.39 is 0 Å². The van der Waals surface area contributed by atoms with Crippen molar-refractivity contribution in [3.8, 4) is 0 Å². The molecule has 1 N–H and O–H groups in total. The van der Waals surface area contributed by atoms with Crippen LogP contribution in [0.1, 0.15) is 6.92 Å². The van der Waals surface area contributed by atoms with Crippen molar-refractivity contribution in [2.24, 2.45) is 0 Å². The molecule has 70 valence electrons. The fourth-order valence-corrected chi connectivity index (χ4v) is 0.895. The van der Waals surface area contributed by atoms with Crippen LogP contribution in [0, 0.1) is 0 Å². The molecule has 0 aliphatic heterocycles. The Morgan fingerprint density at radius 1 is 1.33 bits per heavy atom. The summed E-state index contributed by atoms with van der Waals surface area (Å²) in [5.41, 5.74) is 0. The van der Waals surface area contributed by atoms with Crippen molar-refractivity contribution in [2.75, 3.05) is 33.0 Å². The third kappa shape index (κ3) is 9.04. The van der Waals surface area contributed by atoms with Crippen LogP contribution in [-0.4, -0.2) is 44.2 Å². The van der Waals surface area contributed by atoms with Crippen LogP contribution < -0.4 is 0 Å². The average Bonchev–Trinajstić information content (AvgIpc) is 2.09. The van der Waals surface area contributed by atoms with E-state index in [2.05, 4.69) is 0 Å². The Balaban J connectivity index is 3.02. The van der Waals surface area contributed by atoms with Gasteiger partial charge in [0.1, 0.15) is 0 Å². The van der Waals surface area contributed by atoms with Crippen molar-refractivity contribution in [1.29, 1.82) is 0 Å². The molecule has 0 rings (SSSR count). The summed E-state index contributed by atoms with van der Waals surface area (Å²) in [5.74, 6) is 0. The van der Waals surface area contributed by atoms with Gasteiger partial charge in [-0.25, -0.2) is 0 Å². The van der Waals surface area contributed by atoms with E-state index >= 15 is 0 Å². The molecular formula is C7H15O4Y. The summed E-state index contributed by atoms with van der Waals surface area (Å²) in [6.07, 6.45) is 0.0467. The first-order valence-electron chi connectivity index (χ1n) is 3.93. The molecule has 0 bridgehead atoms. The molecule has 0 aliphatic carbocycles. The summed E-state index contributed by atoms with van der Waals surface area (Å²) in [7, 11) is 0. The molecule has 0 aliphatic rings. The van der Waals surface area contributed by atoms with Gasteiger partial charge in [-0.1, -0.05) is 0 Å². The molecule has 0 spiro atoms. The van der Waals surface area contributed by atoms with Crippen LogP contribution in [-0.2, 0) is 43.0 Å². The topological polar surface area (TPSA) is 47.9 Å². The molecule has 0 saturated heterocycles. The van der Waals surface area contributed by atoms with Gasteiger partial charge in [-0.3, -0.25) is 0 Å². The first kappa shape index (κ1) is 12.9. The first-order chi connectivity index (χ1) is 5.81. The number of ether oxygens (including phenoxy) is 2. The molecule has 0 aromatic carbocycles. The molecule has 0 amide bonds. The SMILES string of the molecule is CC(COCC[O][Y])OCCO. The third-order valence-corrected chi connectivity index (χ3v) is 1.77. The van der Waals surface area contributed by atoms with Crippen molar-refractivity contribution in [2.45, 2.75) is 13.0 Å². The second-order valence-electron chi connectivity index (χ2n) is 2.35. The Hall–Kier alpha value is 0.944. The van der Waals surface area contributed by atoms with Gasteiger partial charge in [0.05, 0.1) is 0 Å². The molecule has 12 heavy (non-hydrogen) atoms. The molecule has 0 saturated carbocycles. The number of hydrogen-bond donors (Lipinski definition) is 1. The summed E-state index contributed by atoms with van der Waals surface area (Å²) >= 11 is 0.816. The predicted octanol–water partition coefficient (Wildman–Crippen LogP) is -0.121. The second-order valence-corrected chi connectivity index (χ2v) is 3.17. The maximum absolute atomic E-state index is 8.44. The number of rotatable bonds is 8. The van der Waals surface area contributed by atoms with Gasteiger partial charge in [-0.2, -0.15) is 0 Å². The number of hydrogen-bond acceptors (Lipinski definition) is 4. The maximum atomic E-state index is 8.44. The fourth-order valence-electron chi connectivity index (χ4n) is 0.658. The van der Waals surface area contributed by atoms with Crippen LogP contribution >= 0.6 is 0 Å². The molecule has 0 radical (unpaired) electrons. The van der Waals surface area contributed by atoms with E-state index in [0.29, 0.717) is 26.4 Å².